The van der Waals surface area contributed by atoms with Crippen LogP contribution in [0.25, 0.3) is 0 Å². The van der Waals surface area contributed by atoms with E-state index in [1.165, 1.54) is 17.6 Å². The fraction of sp³-hybridized carbons (Fsp3) is 0.308. The Balaban J connectivity index is 1.92. The molecule has 2 N–H and O–H groups in total. The summed E-state index contributed by atoms with van der Waals surface area (Å²) in [5, 5.41) is 12.4. The van der Waals surface area contributed by atoms with Crippen molar-refractivity contribution in [1.82, 2.24) is 5.32 Å². The van der Waals surface area contributed by atoms with Gasteiger partial charge in [0.2, 0.25) is 0 Å². The van der Waals surface area contributed by atoms with Gasteiger partial charge < -0.3 is 14.8 Å². The van der Waals surface area contributed by atoms with Crippen molar-refractivity contribution < 1.29 is 14.3 Å². The van der Waals surface area contributed by atoms with E-state index in [0.717, 1.165) is 10.4 Å². The van der Waals surface area contributed by atoms with Crippen LogP contribution in [0.1, 0.15) is 32.0 Å². The first-order valence-corrected chi connectivity index (χ1v) is 6.46. The standard InChI is InChI=1S/C13H15NO3S/c1-8-6-12(18-9(8)2)13(16)14-7-10(15)11-4-3-5-17-11/h3-6,10,15H,7H2,1-2H3,(H,14,16). The predicted molar refractivity (Wildman–Crippen MR) is 69.8 cm³/mol. The van der Waals surface area contributed by atoms with Gasteiger partial charge in [-0.2, -0.15) is 0 Å². The van der Waals surface area contributed by atoms with Crippen LogP contribution in [0.4, 0.5) is 0 Å². The third kappa shape index (κ3) is 2.80. The molecule has 0 saturated heterocycles. The zero-order valence-electron chi connectivity index (χ0n) is 10.3. The van der Waals surface area contributed by atoms with Gasteiger partial charge in [0, 0.05) is 4.88 Å². The molecule has 0 aliphatic heterocycles. The van der Waals surface area contributed by atoms with Crippen molar-refractivity contribution in [3.8, 4) is 0 Å². The quantitative estimate of drug-likeness (QED) is 0.892. The van der Waals surface area contributed by atoms with E-state index >= 15 is 0 Å². The van der Waals surface area contributed by atoms with Gasteiger partial charge in [-0.15, -0.1) is 11.3 Å². The van der Waals surface area contributed by atoms with Gasteiger partial charge in [-0.1, -0.05) is 0 Å². The molecule has 0 aliphatic carbocycles. The Kier molecular flexibility index (Phi) is 3.84. The number of aliphatic hydroxyl groups is 1. The molecular formula is C13H15NO3S. The molecule has 0 spiro atoms. The normalized spacial score (nSPS) is 12.4. The van der Waals surface area contributed by atoms with Gasteiger partial charge in [0.1, 0.15) is 11.9 Å². The summed E-state index contributed by atoms with van der Waals surface area (Å²) in [4.78, 5) is 13.6. The molecular weight excluding hydrogens is 250 g/mol. The number of hydrogen-bond acceptors (Lipinski definition) is 4. The van der Waals surface area contributed by atoms with Gasteiger partial charge in [-0.05, 0) is 37.6 Å². The molecule has 2 heterocycles. The number of hydrogen-bond donors (Lipinski definition) is 2. The summed E-state index contributed by atoms with van der Waals surface area (Å²) in [6.07, 6.45) is 0.679. The van der Waals surface area contributed by atoms with E-state index in [4.69, 9.17) is 4.42 Å². The van der Waals surface area contributed by atoms with Gasteiger partial charge in [-0.3, -0.25) is 4.79 Å². The lowest BCUT2D eigenvalue weighted by atomic mass is 10.2. The van der Waals surface area contributed by atoms with Crippen molar-refractivity contribution in [2.45, 2.75) is 20.0 Å². The Hall–Kier alpha value is -1.59. The molecule has 5 heteroatoms. The summed E-state index contributed by atoms with van der Waals surface area (Å²) in [7, 11) is 0. The second kappa shape index (κ2) is 5.37. The summed E-state index contributed by atoms with van der Waals surface area (Å²) in [6, 6.07) is 5.23. The average Bonchev–Trinajstić information content (AvgIpc) is 2.97. The highest BCUT2D eigenvalue weighted by Crippen LogP contribution is 2.20. The number of aryl methyl sites for hydroxylation is 2. The van der Waals surface area contributed by atoms with E-state index in [1.807, 2.05) is 19.9 Å². The summed E-state index contributed by atoms with van der Waals surface area (Å²) < 4.78 is 5.06. The Morgan fingerprint density at radius 3 is 2.89 bits per heavy atom. The minimum absolute atomic E-state index is 0.141. The van der Waals surface area contributed by atoms with E-state index in [9.17, 15) is 9.90 Å². The lowest BCUT2D eigenvalue weighted by molar-refractivity contribution is 0.0905. The number of carbonyl (C=O) groups is 1. The van der Waals surface area contributed by atoms with Gasteiger partial charge in [0.05, 0.1) is 17.7 Å². The minimum atomic E-state index is -0.814. The summed E-state index contributed by atoms with van der Waals surface area (Å²) in [5.74, 6) is 0.288. The highest BCUT2D eigenvalue weighted by Gasteiger charge is 2.14. The minimum Gasteiger partial charge on any atom is -0.467 e. The molecule has 2 rings (SSSR count). The van der Waals surface area contributed by atoms with E-state index in [0.29, 0.717) is 10.6 Å². The van der Waals surface area contributed by atoms with Crippen molar-refractivity contribution in [2.24, 2.45) is 0 Å². The monoisotopic (exact) mass is 265 g/mol. The lowest BCUT2D eigenvalue weighted by Crippen LogP contribution is -2.27. The molecule has 18 heavy (non-hydrogen) atoms. The second-order valence-electron chi connectivity index (χ2n) is 4.09. The fourth-order valence-corrected chi connectivity index (χ4v) is 2.49. The third-order valence-corrected chi connectivity index (χ3v) is 3.87. The number of rotatable bonds is 4. The lowest BCUT2D eigenvalue weighted by Gasteiger charge is -2.08. The first-order valence-electron chi connectivity index (χ1n) is 5.64. The number of carbonyl (C=O) groups excluding carboxylic acids is 1. The topological polar surface area (TPSA) is 62.5 Å². The SMILES string of the molecule is Cc1cc(C(=O)NCC(O)c2ccco2)sc1C. The van der Waals surface area contributed by atoms with Gasteiger partial charge in [0.25, 0.3) is 5.91 Å². The van der Waals surface area contributed by atoms with Gasteiger partial charge in [-0.25, -0.2) is 0 Å². The predicted octanol–water partition coefficient (Wildman–Crippen LogP) is 2.42. The Morgan fingerprint density at radius 2 is 2.33 bits per heavy atom. The van der Waals surface area contributed by atoms with Gasteiger partial charge in [0.15, 0.2) is 0 Å². The smallest absolute Gasteiger partial charge is 0.261 e. The Labute approximate surface area is 109 Å². The molecule has 0 fully saturated rings. The zero-order valence-corrected chi connectivity index (χ0v) is 11.1. The molecule has 96 valence electrons. The van der Waals surface area contributed by atoms with E-state index < -0.39 is 6.10 Å². The van der Waals surface area contributed by atoms with Crippen LogP contribution in [0.3, 0.4) is 0 Å². The number of thiophene rings is 1. The molecule has 2 aromatic rings. The fourth-order valence-electron chi connectivity index (χ4n) is 1.54. The van der Waals surface area contributed by atoms with Crippen LogP contribution in [-0.4, -0.2) is 17.6 Å². The molecule has 1 amide bonds. The van der Waals surface area contributed by atoms with Gasteiger partial charge >= 0.3 is 0 Å². The first-order chi connectivity index (χ1) is 8.58. The maximum Gasteiger partial charge on any atom is 0.261 e. The van der Waals surface area contributed by atoms with Crippen LogP contribution in [0.2, 0.25) is 0 Å². The van der Waals surface area contributed by atoms with Crippen LogP contribution in [0, 0.1) is 13.8 Å². The van der Waals surface area contributed by atoms with Crippen molar-refractivity contribution >= 4 is 17.2 Å². The van der Waals surface area contributed by atoms with E-state index in [-0.39, 0.29) is 12.5 Å². The van der Waals surface area contributed by atoms with Crippen molar-refractivity contribution in [3.63, 3.8) is 0 Å². The number of furan rings is 1. The molecule has 1 atom stereocenters. The van der Waals surface area contributed by atoms with Crippen molar-refractivity contribution in [1.29, 1.82) is 0 Å². The number of nitrogens with one attached hydrogen (secondary N) is 1. The van der Waals surface area contributed by atoms with Crippen LogP contribution in [0.5, 0.6) is 0 Å². The largest absolute Gasteiger partial charge is 0.467 e. The summed E-state index contributed by atoms with van der Waals surface area (Å²) >= 11 is 1.45. The summed E-state index contributed by atoms with van der Waals surface area (Å²) in [6.45, 7) is 4.09. The van der Waals surface area contributed by atoms with Crippen molar-refractivity contribution in [2.75, 3.05) is 6.54 Å². The molecule has 0 radical (unpaired) electrons. The molecule has 1 unspecified atom stereocenters. The maximum atomic E-state index is 11.8. The van der Waals surface area contributed by atoms with Crippen LogP contribution in [0.15, 0.2) is 28.9 Å². The first kappa shape index (κ1) is 12.9. The summed E-state index contributed by atoms with van der Waals surface area (Å²) in [5.41, 5.74) is 1.11. The number of aliphatic hydroxyl groups excluding tert-OH is 1. The molecule has 2 aromatic heterocycles. The molecule has 4 nitrogen and oxygen atoms in total. The second-order valence-corrected chi connectivity index (χ2v) is 5.35. The highest BCUT2D eigenvalue weighted by molar-refractivity contribution is 7.14. The third-order valence-electron chi connectivity index (χ3n) is 2.72. The highest BCUT2D eigenvalue weighted by atomic mass is 32.1. The van der Waals surface area contributed by atoms with Crippen molar-refractivity contribution in [3.05, 3.63) is 45.5 Å². The van der Waals surface area contributed by atoms with E-state index in [2.05, 4.69) is 5.32 Å². The van der Waals surface area contributed by atoms with E-state index in [1.54, 1.807) is 12.1 Å². The molecule has 0 bridgehead atoms. The van der Waals surface area contributed by atoms with Crippen LogP contribution < -0.4 is 5.32 Å². The maximum absolute atomic E-state index is 11.8. The van der Waals surface area contributed by atoms with Crippen LogP contribution in [-0.2, 0) is 0 Å². The molecule has 0 aliphatic rings. The number of amides is 1. The zero-order chi connectivity index (χ0) is 13.1. The average molecular weight is 265 g/mol. The van der Waals surface area contributed by atoms with Crippen LogP contribution >= 0.6 is 11.3 Å². The molecule has 0 saturated carbocycles. The molecule has 0 aromatic carbocycles. The Morgan fingerprint density at radius 1 is 1.56 bits per heavy atom. The Bertz CT molecular complexity index is 511.